The van der Waals surface area contributed by atoms with E-state index in [9.17, 15) is 14.4 Å². The zero-order chi connectivity index (χ0) is 15.5. The van der Waals surface area contributed by atoms with E-state index in [1.54, 1.807) is 20.8 Å². The van der Waals surface area contributed by atoms with E-state index in [-0.39, 0.29) is 11.1 Å². The summed E-state index contributed by atoms with van der Waals surface area (Å²) in [4.78, 5) is 33.5. The van der Waals surface area contributed by atoms with E-state index >= 15 is 0 Å². The van der Waals surface area contributed by atoms with Crippen LogP contribution in [0.25, 0.3) is 0 Å². The molecule has 1 aromatic carbocycles. The van der Waals surface area contributed by atoms with Crippen LogP contribution in [0, 0.1) is 0 Å². The quantitative estimate of drug-likeness (QED) is 0.645. The van der Waals surface area contributed by atoms with Gasteiger partial charge in [0, 0.05) is 0 Å². The van der Waals surface area contributed by atoms with E-state index in [4.69, 9.17) is 14.9 Å². The van der Waals surface area contributed by atoms with Crippen molar-refractivity contribution in [3.8, 4) is 0 Å². The van der Waals surface area contributed by atoms with Crippen LogP contribution in [0.15, 0.2) is 24.3 Å². The molecule has 0 aliphatic heterocycles. The van der Waals surface area contributed by atoms with Crippen LogP contribution in [0.4, 0.5) is 0 Å². The molecule has 1 rings (SSSR count). The normalized spacial score (nSPS) is 11.2. The van der Waals surface area contributed by atoms with E-state index in [2.05, 4.69) is 0 Å². The molecule has 2 N–H and O–H groups in total. The van der Waals surface area contributed by atoms with Crippen molar-refractivity contribution in [1.82, 2.24) is 0 Å². The lowest BCUT2D eigenvalue weighted by atomic mass is 9.98. The maximum Gasteiger partial charge on any atom is 0.338 e. The molecule has 6 nitrogen and oxygen atoms in total. The fourth-order valence-corrected chi connectivity index (χ4v) is 1.54. The Bertz CT molecular complexity index is 510. The molecular weight excluding hydrogens is 264 g/mol. The van der Waals surface area contributed by atoms with Gasteiger partial charge in [-0.15, -0.1) is 0 Å². The van der Waals surface area contributed by atoms with Gasteiger partial charge in [-0.3, -0.25) is 9.59 Å². The second kappa shape index (κ2) is 5.73. The number of hydrogen-bond acceptors (Lipinski definition) is 4. The molecule has 1 aromatic rings. The van der Waals surface area contributed by atoms with Crippen molar-refractivity contribution in [2.24, 2.45) is 0 Å². The van der Waals surface area contributed by atoms with Crippen LogP contribution in [0.3, 0.4) is 0 Å². The van der Waals surface area contributed by atoms with Crippen molar-refractivity contribution in [2.75, 3.05) is 0 Å². The SMILES string of the molecule is CC(C)(C)OC(=O)c1ccc(C(C(=O)O)C(=O)O)cc1. The first-order valence-electron chi connectivity index (χ1n) is 5.91. The van der Waals surface area contributed by atoms with E-state index in [1.165, 1.54) is 24.3 Å². The number of carboxylic acid groups (broad SMARTS) is 2. The van der Waals surface area contributed by atoms with Crippen molar-refractivity contribution in [2.45, 2.75) is 32.3 Å². The Hall–Kier alpha value is -2.37. The second-order valence-corrected chi connectivity index (χ2v) is 5.23. The number of ether oxygens (including phenoxy) is 1. The van der Waals surface area contributed by atoms with Crippen molar-refractivity contribution in [3.05, 3.63) is 35.4 Å². The van der Waals surface area contributed by atoms with Crippen molar-refractivity contribution in [3.63, 3.8) is 0 Å². The second-order valence-electron chi connectivity index (χ2n) is 5.23. The van der Waals surface area contributed by atoms with Crippen molar-refractivity contribution >= 4 is 17.9 Å². The molecule has 0 atom stereocenters. The Kier molecular flexibility index (Phi) is 4.49. The molecular formula is C14H16O6. The number of rotatable bonds is 4. The number of aliphatic carboxylic acids is 2. The molecule has 108 valence electrons. The highest BCUT2D eigenvalue weighted by molar-refractivity contribution is 5.99. The molecule has 0 fully saturated rings. The molecule has 0 saturated carbocycles. The molecule has 0 spiro atoms. The first-order chi connectivity index (χ1) is 9.11. The summed E-state index contributed by atoms with van der Waals surface area (Å²) in [6.45, 7) is 5.18. The Morgan fingerprint density at radius 2 is 1.45 bits per heavy atom. The van der Waals surface area contributed by atoms with E-state index in [1.807, 2.05) is 0 Å². The largest absolute Gasteiger partial charge is 0.480 e. The average molecular weight is 280 g/mol. The summed E-state index contributed by atoms with van der Waals surface area (Å²) >= 11 is 0. The minimum absolute atomic E-state index is 0.0947. The van der Waals surface area contributed by atoms with Crippen LogP contribution in [0.5, 0.6) is 0 Å². The fraction of sp³-hybridized carbons (Fsp3) is 0.357. The Balaban J connectivity index is 2.96. The highest BCUT2D eigenvalue weighted by Gasteiger charge is 2.28. The minimum atomic E-state index is -1.65. The number of esters is 1. The Morgan fingerprint density at radius 1 is 1.00 bits per heavy atom. The van der Waals surface area contributed by atoms with E-state index < -0.39 is 29.4 Å². The summed E-state index contributed by atoms with van der Waals surface area (Å²) in [6, 6.07) is 5.29. The average Bonchev–Trinajstić information content (AvgIpc) is 2.26. The van der Waals surface area contributed by atoms with E-state index in [0.29, 0.717) is 0 Å². The molecule has 0 aliphatic rings. The first kappa shape index (κ1) is 15.7. The van der Waals surface area contributed by atoms with Gasteiger partial charge in [0.05, 0.1) is 5.56 Å². The number of carbonyl (C=O) groups is 3. The highest BCUT2D eigenvalue weighted by Crippen LogP contribution is 2.19. The molecule has 0 aromatic heterocycles. The summed E-state index contributed by atoms with van der Waals surface area (Å²) in [5.41, 5.74) is -0.309. The van der Waals surface area contributed by atoms with Gasteiger partial charge < -0.3 is 14.9 Å². The summed E-state index contributed by atoms with van der Waals surface area (Å²) in [5.74, 6) is -5.11. The first-order valence-corrected chi connectivity index (χ1v) is 5.91. The number of benzene rings is 1. The molecule has 6 heteroatoms. The van der Waals surface area contributed by atoms with Gasteiger partial charge in [-0.25, -0.2) is 4.79 Å². The third-order valence-corrected chi connectivity index (χ3v) is 2.37. The maximum absolute atomic E-state index is 11.8. The molecule has 0 aliphatic carbocycles. The molecule has 0 radical (unpaired) electrons. The zero-order valence-corrected chi connectivity index (χ0v) is 11.4. The predicted octanol–water partition coefficient (Wildman–Crippen LogP) is 1.89. The lowest BCUT2D eigenvalue weighted by molar-refractivity contribution is -0.150. The monoisotopic (exact) mass is 280 g/mol. The van der Waals surface area contributed by atoms with Crippen LogP contribution < -0.4 is 0 Å². The maximum atomic E-state index is 11.8. The molecule has 0 unspecified atom stereocenters. The topological polar surface area (TPSA) is 101 Å². The third-order valence-electron chi connectivity index (χ3n) is 2.37. The standard InChI is InChI=1S/C14H16O6/c1-14(2,3)20-13(19)9-6-4-8(5-7-9)10(11(15)16)12(17)18/h4-7,10H,1-3H3,(H,15,16)(H,17,18). The molecule has 0 saturated heterocycles. The smallest absolute Gasteiger partial charge is 0.338 e. The van der Waals surface area contributed by atoms with Crippen LogP contribution in [-0.2, 0) is 14.3 Å². The summed E-state index contributed by atoms with van der Waals surface area (Å²) in [7, 11) is 0. The fourth-order valence-electron chi connectivity index (χ4n) is 1.54. The number of carbonyl (C=O) groups excluding carboxylic acids is 1. The molecule has 20 heavy (non-hydrogen) atoms. The van der Waals surface area contributed by atoms with Gasteiger partial charge in [0.2, 0.25) is 0 Å². The summed E-state index contributed by atoms with van der Waals surface area (Å²) in [6.07, 6.45) is 0. The molecule has 0 heterocycles. The van der Waals surface area contributed by atoms with Crippen LogP contribution in [0.2, 0.25) is 0 Å². The van der Waals surface area contributed by atoms with Gasteiger partial charge in [-0.1, -0.05) is 12.1 Å². The minimum Gasteiger partial charge on any atom is -0.480 e. The van der Waals surface area contributed by atoms with Crippen LogP contribution >= 0.6 is 0 Å². The molecule has 0 bridgehead atoms. The lowest BCUT2D eigenvalue weighted by Crippen LogP contribution is -2.24. The summed E-state index contributed by atoms with van der Waals surface area (Å²) < 4.78 is 5.15. The summed E-state index contributed by atoms with van der Waals surface area (Å²) in [5, 5.41) is 17.7. The third kappa shape index (κ3) is 4.08. The predicted molar refractivity (Wildman–Crippen MR) is 69.6 cm³/mol. The van der Waals surface area contributed by atoms with Crippen LogP contribution in [-0.4, -0.2) is 33.7 Å². The van der Waals surface area contributed by atoms with Crippen molar-refractivity contribution < 1.29 is 29.3 Å². The Labute approximate surface area is 116 Å². The number of hydrogen-bond donors (Lipinski definition) is 2. The number of carboxylic acids is 2. The van der Waals surface area contributed by atoms with Gasteiger partial charge in [0.15, 0.2) is 5.92 Å². The van der Waals surface area contributed by atoms with Gasteiger partial charge >= 0.3 is 17.9 Å². The van der Waals surface area contributed by atoms with Gasteiger partial charge in [0.25, 0.3) is 0 Å². The van der Waals surface area contributed by atoms with Gasteiger partial charge in [-0.2, -0.15) is 0 Å². The highest BCUT2D eigenvalue weighted by atomic mass is 16.6. The Morgan fingerprint density at radius 3 is 1.80 bits per heavy atom. The zero-order valence-electron chi connectivity index (χ0n) is 11.4. The molecule has 0 amide bonds. The van der Waals surface area contributed by atoms with Gasteiger partial charge in [-0.05, 0) is 38.5 Å². The van der Waals surface area contributed by atoms with Crippen molar-refractivity contribution in [1.29, 1.82) is 0 Å². The van der Waals surface area contributed by atoms with Gasteiger partial charge in [0.1, 0.15) is 5.60 Å². The lowest BCUT2D eigenvalue weighted by Gasteiger charge is -2.19. The van der Waals surface area contributed by atoms with E-state index in [0.717, 1.165) is 0 Å². The van der Waals surface area contributed by atoms with Crippen LogP contribution in [0.1, 0.15) is 42.6 Å².